The number of para-hydroxylation sites is 2. The van der Waals surface area contributed by atoms with Crippen molar-refractivity contribution in [2.45, 2.75) is 0 Å². The molecule has 0 aliphatic heterocycles. The number of thiazole rings is 1. The summed E-state index contributed by atoms with van der Waals surface area (Å²) in [5.74, 6) is 0.589. The van der Waals surface area contributed by atoms with Crippen LogP contribution in [0.1, 0.15) is 0 Å². The molecule has 0 bridgehead atoms. The molecular weight excluding hydrogens is 416 g/mol. The van der Waals surface area contributed by atoms with Crippen molar-refractivity contribution in [2.24, 2.45) is 0 Å². The topological polar surface area (TPSA) is 51.1 Å². The molecule has 5 aromatic rings. The Bertz CT molecular complexity index is 1250. The normalized spacial score (nSPS) is 10.7. The third kappa shape index (κ3) is 3.96. The van der Waals surface area contributed by atoms with Gasteiger partial charge in [0.15, 0.2) is 0 Å². The molecule has 0 atom stereocenters. The van der Waals surface area contributed by atoms with E-state index < -0.39 is 0 Å². The van der Waals surface area contributed by atoms with Crippen LogP contribution >= 0.6 is 11.3 Å². The second kappa shape index (κ2) is 8.99. The van der Waals surface area contributed by atoms with Crippen LogP contribution in [0.4, 0.5) is 17.1 Å². The average Bonchev–Trinajstić information content (AvgIpc) is 3.31. The van der Waals surface area contributed by atoms with Crippen molar-refractivity contribution < 1.29 is 4.74 Å². The molecule has 6 heteroatoms. The van der Waals surface area contributed by atoms with Gasteiger partial charge in [-0.25, -0.2) is 0 Å². The number of methoxy groups -OCH3 is 1. The van der Waals surface area contributed by atoms with E-state index in [0.29, 0.717) is 5.88 Å². The number of benzene rings is 3. The minimum Gasteiger partial charge on any atom is -0.480 e. The van der Waals surface area contributed by atoms with E-state index in [-0.39, 0.29) is 0 Å². The maximum atomic E-state index is 5.56. The molecule has 2 aromatic heterocycles. The number of nitrogens with zero attached hydrogens (tertiary/aromatic N) is 4. The van der Waals surface area contributed by atoms with E-state index in [9.17, 15) is 0 Å². The Balaban J connectivity index is 1.53. The van der Waals surface area contributed by atoms with Crippen LogP contribution < -0.4 is 9.64 Å². The van der Waals surface area contributed by atoms with Gasteiger partial charge in [-0.15, -0.1) is 11.3 Å². The van der Waals surface area contributed by atoms with Crippen molar-refractivity contribution in [1.29, 1.82) is 0 Å². The first kappa shape index (κ1) is 19.9. The minimum atomic E-state index is 0.589. The van der Waals surface area contributed by atoms with Crippen LogP contribution in [0, 0.1) is 0 Å². The summed E-state index contributed by atoms with van der Waals surface area (Å²) < 4.78 is 5.56. The molecule has 0 unspecified atom stereocenters. The first-order valence-corrected chi connectivity index (χ1v) is 11.0. The van der Waals surface area contributed by atoms with Crippen molar-refractivity contribution in [1.82, 2.24) is 15.0 Å². The molecular formula is C26H20N4OS. The molecule has 5 nitrogen and oxygen atoms in total. The summed E-state index contributed by atoms with van der Waals surface area (Å²) in [6.07, 6.45) is 5.03. The largest absolute Gasteiger partial charge is 0.480 e. The van der Waals surface area contributed by atoms with Crippen LogP contribution in [0.3, 0.4) is 0 Å². The van der Waals surface area contributed by atoms with Crippen LogP contribution in [0.15, 0.2) is 104 Å². The highest BCUT2D eigenvalue weighted by Gasteiger charge is 2.17. The zero-order valence-electron chi connectivity index (χ0n) is 17.4. The average molecular weight is 437 g/mol. The van der Waals surface area contributed by atoms with E-state index in [1.807, 2.05) is 12.1 Å². The Labute approximate surface area is 190 Å². The molecule has 0 amide bonds. The molecule has 2 heterocycles. The Morgan fingerprint density at radius 3 is 1.94 bits per heavy atom. The summed E-state index contributed by atoms with van der Waals surface area (Å²) in [5.41, 5.74) is 5.06. The van der Waals surface area contributed by atoms with Gasteiger partial charge in [0.1, 0.15) is 10.7 Å². The predicted octanol–water partition coefficient (Wildman–Crippen LogP) is 6.75. The molecule has 0 radical (unpaired) electrons. The molecule has 156 valence electrons. The van der Waals surface area contributed by atoms with Gasteiger partial charge in [0.05, 0.1) is 18.2 Å². The quantitative estimate of drug-likeness (QED) is 0.295. The summed E-state index contributed by atoms with van der Waals surface area (Å²) in [7, 11) is 1.64. The summed E-state index contributed by atoms with van der Waals surface area (Å²) in [6.45, 7) is 0. The van der Waals surface area contributed by atoms with Gasteiger partial charge in [0.2, 0.25) is 5.88 Å². The molecule has 32 heavy (non-hydrogen) atoms. The Morgan fingerprint density at radius 2 is 1.38 bits per heavy atom. The van der Waals surface area contributed by atoms with Gasteiger partial charge in [-0.05, 0) is 42.0 Å². The van der Waals surface area contributed by atoms with Crippen molar-refractivity contribution in [3.63, 3.8) is 0 Å². The highest BCUT2D eigenvalue weighted by molar-refractivity contribution is 7.18. The molecule has 0 saturated carbocycles. The van der Waals surface area contributed by atoms with Gasteiger partial charge in [0.25, 0.3) is 0 Å². The Kier molecular flexibility index (Phi) is 5.59. The highest BCUT2D eigenvalue weighted by atomic mass is 32.1. The number of anilines is 3. The van der Waals surface area contributed by atoms with E-state index in [2.05, 4.69) is 92.6 Å². The van der Waals surface area contributed by atoms with Crippen molar-refractivity contribution in [3.05, 3.63) is 104 Å². The Hall–Kier alpha value is -4.03. The van der Waals surface area contributed by atoms with E-state index in [0.717, 1.165) is 38.2 Å². The molecule has 0 aliphatic rings. The fourth-order valence-corrected chi connectivity index (χ4v) is 4.51. The number of hydrogen-bond acceptors (Lipinski definition) is 6. The van der Waals surface area contributed by atoms with Gasteiger partial charge >= 0.3 is 0 Å². The van der Waals surface area contributed by atoms with Crippen LogP contribution in [0.2, 0.25) is 0 Å². The Morgan fingerprint density at radius 1 is 0.750 bits per heavy atom. The highest BCUT2D eigenvalue weighted by Crippen LogP contribution is 2.41. The van der Waals surface area contributed by atoms with Crippen LogP contribution in [-0.2, 0) is 0 Å². The smallest absolute Gasteiger partial charge is 0.232 e. The molecule has 0 N–H and O–H groups in total. The maximum absolute atomic E-state index is 5.56. The summed E-state index contributed by atoms with van der Waals surface area (Å²) in [5, 5.41) is 0.782. The monoisotopic (exact) mass is 436 g/mol. The summed E-state index contributed by atoms with van der Waals surface area (Å²) >= 11 is 1.55. The van der Waals surface area contributed by atoms with E-state index in [1.54, 1.807) is 37.0 Å². The lowest BCUT2D eigenvalue weighted by Gasteiger charge is -2.25. The predicted molar refractivity (Wildman–Crippen MR) is 130 cm³/mol. The number of ether oxygens (including phenoxy) is 1. The van der Waals surface area contributed by atoms with Crippen molar-refractivity contribution in [2.75, 3.05) is 12.0 Å². The lowest BCUT2D eigenvalue weighted by Crippen LogP contribution is -2.09. The lowest BCUT2D eigenvalue weighted by molar-refractivity contribution is 0.402. The number of rotatable bonds is 6. The first-order valence-electron chi connectivity index (χ1n) is 10.2. The minimum absolute atomic E-state index is 0.589. The van der Waals surface area contributed by atoms with E-state index >= 15 is 0 Å². The third-order valence-electron chi connectivity index (χ3n) is 4.99. The SMILES string of the molecule is COc1nc(-c2cnccn2)sc1-c1ccc(N(c2ccccc2)c2ccccc2)cc1. The number of aromatic nitrogens is 3. The fourth-order valence-electron chi connectivity index (χ4n) is 3.51. The second-order valence-electron chi connectivity index (χ2n) is 7.00. The van der Waals surface area contributed by atoms with Gasteiger partial charge in [-0.1, -0.05) is 48.5 Å². The first-order chi connectivity index (χ1) is 15.8. The van der Waals surface area contributed by atoms with Gasteiger partial charge < -0.3 is 9.64 Å². The molecule has 0 aliphatic carbocycles. The fraction of sp³-hybridized carbons (Fsp3) is 0.0385. The van der Waals surface area contributed by atoms with Gasteiger partial charge in [-0.3, -0.25) is 9.97 Å². The number of hydrogen-bond donors (Lipinski definition) is 0. The van der Waals surface area contributed by atoms with E-state index in [4.69, 9.17) is 4.74 Å². The third-order valence-corrected chi connectivity index (χ3v) is 6.10. The van der Waals surface area contributed by atoms with Gasteiger partial charge in [0, 0.05) is 29.5 Å². The van der Waals surface area contributed by atoms with Crippen LogP contribution in [-0.4, -0.2) is 22.1 Å². The maximum Gasteiger partial charge on any atom is 0.232 e. The van der Waals surface area contributed by atoms with Crippen molar-refractivity contribution in [3.8, 4) is 27.0 Å². The van der Waals surface area contributed by atoms with Crippen LogP contribution in [0.25, 0.3) is 21.1 Å². The summed E-state index contributed by atoms with van der Waals surface area (Å²) in [4.78, 5) is 16.3. The zero-order valence-corrected chi connectivity index (χ0v) is 18.2. The molecule has 0 saturated heterocycles. The standard InChI is InChI=1S/C26H20N4OS/c1-31-25-24(32-26(29-25)23-18-27-16-17-28-23)19-12-14-22(15-13-19)30(20-8-4-2-5-9-20)21-10-6-3-7-11-21/h2-18H,1H3. The second-order valence-corrected chi connectivity index (χ2v) is 8.00. The van der Waals surface area contributed by atoms with Gasteiger partial charge in [-0.2, -0.15) is 4.98 Å². The summed E-state index contributed by atoms with van der Waals surface area (Å²) in [6, 6.07) is 29.2. The molecule has 0 fully saturated rings. The van der Waals surface area contributed by atoms with Crippen molar-refractivity contribution >= 4 is 28.4 Å². The molecule has 3 aromatic carbocycles. The van der Waals surface area contributed by atoms with E-state index in [1.165, 1.54) is 0 Å². The molecule has 0 spiro atoms. The van der Waals surface area contributed by atoms with Crippen LogP contribution in [0.5, 0.6) is 5.88 Å². The molecule has 5 rings (SSSR count). The zero-order chi connectivity index (χ0) is 21.8. The lowest BCUT2D eigenvalue weighted by atomic mass is 10.1.